The van der Waals surface area contributed by atoms with Crippen LogP contribution in [0.4, 0.5) is 33.5 Å². The largest absolute Gasteiger partial charge is 0.499 e. The summed E-state index contributed by atoms with van der Waals surface area (Å²) in [5.41, 5.74) is 0.0684. The number of hydrazone groups is 1. The van der Waals surface area contributed by atoms with Crippen LogP contribution in [0.25, 0.3) is 22.7 Å². The summed E-state index contributed by atoms with van der Waals surface area (Å²) < 4.78 is 99.9. The number of anilines is 2. The number of benzene rings is 2. The highest BCUT2D eigenvalue weighted by Gasteiger charge is 2.61. The summed E-state index contributed by atoms with van der Waals surface area (Å²) in [6.45, 7) is 1.39. The zero-order valence-corrected chi connectivity index (χ0v) is 24.8. The zero-order valence-electron chi connectivity index (χ0n) is 24.0. The Labute approximate surface area is 258 Å². The van der Waals surface area contributed by atoms with Crippen LogP contribution in [-0.2, 0) is 20.0 Å². The molecule has 1 aliphatic carbocycles. The van der Waals surface area contributed by atoms with Gasteiger partial charge in [-0.05, 0) is 54.8 Å². The van der Waals surface area contributed by atoms with Crippen molar-refractivity contribution in [3.05, 3.63) is 60.2 Å². The van der Waals surface area contributed by atoms with Gasteiger partial charge in [-0.25, -0.2) is 23.4 Å². The third kappa shape index (κ3) is 6.20. The number of hydrogen-bond acceptors (Lipinski definition) is 10. The number of nitriles is 1. The maximum absolute atomic E-state index is 13.4. The van der Waals surface area contributed by atoms with Crippen molar-refractivity contribution in [1.82, 2.24) is 9.97 Å². The van der Waals surface area contributed by atoms with Crippen LogP contribution >= 0.6 is 0 Å². The fourth-order valence-electron chi connectivity index (χ4n) is 4.36. The average Bonchev–Trinajstić information content (AvgIpc) is 3.72. The molecular weight excluding hydrogens is 639 g/mol. The second-order valence-corrected chi connectivity index (χ2v) is 12.4. The highest BCUT2D eigenvalue weighted by atomic mass is 32.2. The first-order chi connectivity index (χ1) is 21.6. The fraction of sp³-hybridized carbons (Fsp3) is 0.276. The van der Waals surface area contributed by atoms with Crippen molar-refractivity contribution in [3.8, 4) is 23.4 Å². The van der Waals surface area contributed by atoms with Gasteiger partial charge < -0.3 is 9.15 Å². The predicted molar refractivity (Wildman–Crippen MR) is 155 cm³/mol. The van der Waals surface area contributed by atoms with Gasteiger partial charge in [0.1, 0.15) is 29.1 Å². The number of nitrogens with zero attached hydrogens (tertiary/aromatic N) is 6. The number of carbonyl (C=O) groups is 1. The quantitative estimate of drug-likeness (QED) is 0.0639. The van der Waals surface area contributed by atoms with Crippen molar-refractivity contribution in [2.45, 2.75) is 42.4 Å². The van der Waals surface area contributed by atoms with Gasteiger partial charge in [-0.3, -0.25) is 9.69 Å². The first-order valence-corrected chi connectivity index (χ1v) is 15.1. The highest BCUT2D eigenvalue weighted by Crippen LogP contribution is 2.48. The molecule has 46 heavy (non-hydrogen) atoms. The molecule has 11 nitrogen and oxygen atoms in total. The van der Waals surface area contributed by atoms with Crippen LogP contribution in [0.2, 0.25) is 0 Å². The molecule has 0 spiro atoms. The molecule has 1 saturated carbocycles. The number of sulfone groups is 1. The molecule has 0 unspecified atom stereocenters. The lowest BCUT2D eigenvalue weighted by atomic mass is 9.97. The SMILES string of the molecule is CCS(=O)(=O)c1ccc(N(C)/N=C\N(C=O)c2cccc(C3(C#N)CC3)c2)nc1-c1nc2cc(OC(F)(F)C(F)(F)F)ccc2o1. The molecule has 0 saturated heterocycles. The van der Waals surface area contributed by atoms with E-state index in [4.69, 9.17) is 4.42 Å². The highest BCUT2D eigenvalue weighted by molar-refractivity contribution is 7.91. The number of carbonyl (C=O) groups excluding carboxylic acids is 1. The standard InChI is InChI=1S/C29H23F5N6O5S/c1-3-46(42,43)23-9-10-24(39(2)36-16-40(17-41)19-6-4-5-18(13-19)27(15-35)11-12-27)38-25(23)26-37-21-14-20(7-8-22(21)44-26)45-29(33,34)28(30,31)32/h4-10,13-14,16-17H,3,11-12H2,1-2H3/b36-16-. The molecule has 0 N–H and O–H groups in total. The Hall–Kier alpha value is -5.11. The molecule has 0 bridgehead atoms. The van der Waals surface area contributed by atoms with Crippen LogP contribution < -0.4 is 14.6 Å². The number of oxazole rings is 1. The van der Waals surface area contributed by atoms with Gasteiger partial charge in [-0.1, -0.05) is 19.1 Å². The zero-order chi connectivity index (χ0) is 33.5. The van der Waals surface area contributed by atoms with Crippen LogP contribution in [0.3, 0.4) is 0 Å². The van der Waals surface area contributed by atoms with Crippen molar-refractivity contribution in [2.24, 2.45) is 5.10 Å². The number of rotatable bonds is 11. The molecular formula is C29H23F5N6O5S. The summed E-state index contributed by atoms with van der Waals surface area (Å²) in [5.74, 6) is -1.51. The maximum Gasteiger partial charge on any atom is 0.499 e. The lowest BCUT2D eigenvalue weighted by Gasteiger charge is -2.19. The maximum atomic E-state index is 13.4. The van der Waals surface area contributed by atoms with Gasteiger partial charge in [0.25, 0.3) is 0 Å². The normalized spacial score (nSPS) is 14.7. The Kier molecular flexibility index (Phi) is 8.19. The monoisotopic (exact) mass is 662 g/mol. The predicted octanol–water partition coefficient (Wildman–Crippen LogP) is 5.81. The first-order valence-electron chi connectivity index (χ1n) is 13.4. The fourth-order valence-corrected chi connectivity index (χ4v) is 5.37. The van der Waals surface area contributed by atoms with E-state index >= 15 is 0 Å². The molecule has 17 heteroatoms. The van der Waals surface area contributed by atoms with Gasteiger partial charge in [-0.15, -0.1) is 0 Å². The lowest BCUT2D eigenvalue weighted by molar-refractivity contribution is -0.360. The number of ether oxygens (including phenoxy) is 1. The van der Waals surface area contributed by atoms with Crippen LogP contribution in [0.5, 0.6) is 5.75 Å². The average molecular weight is 663 g/mol. The Bertz CT molecular complexity index is 1990. The molecule has 1 amide bonds. The second kappa shape index (κ2) is 11.7. The van der Waals surface area contributed by atoms with Crippen LogP contribution in [0.15, 0.2) is 69.0 Å². The molecule has 4 aromatic rings. The van der Waals surface area contributed by atoms with E-state index in [-0.39, 0.29) is 39.2 Å². The Balaban J connectivity index is 1.47. The van der Waals surface area contributed by atoms with Gasteiger partial charge >= 0.3 is 12.3 Å². The van der Waals surface area contributed by atoms with E-state index in [0.717, 1.165) is 23.8 Å². The van der Waals surface area contributed by atoms with Crippen molar-refractivity contribution in [1.29, 1.82) is 5.26 Å². The van der Waals surface area contributed by atoms with Gasteiger partial charge in [0.2, 0.25) is 12.3 Å². The molecule has 0 radical (unpaired) electrons. The summed E-state index contributed by atoms with van der Waals surface area (Å²) in [7, 11) is -2.47. The summed E-state index contributed by atoms with van der Waals surface area (Å²) in [5, 5.41) is 15.0. The van der Waals surface area contributed by atoms with Crippen LogP contribution in [0.1, 0.15) is 25.3 Å². The van der Waals surface area contributed by atoms with E-state index in [1.807, 2.05) is 0 Å². The second-order valence-electron chi connectivity index (χ2n) is 10.2. The lowest BCUT2D eigenvalue weighted by Crippen LogP contribution is -2.41. The number of halogens is 5. The number of amides is 1. The number of fused-ring (bicyclic) bond motifs is 1. The minimum atomic E-state index is -5.97. The minimum absolute atomic E-state index is 0.0680. The number of alkyl halides is 5. The number of hydrogen-bond donors (Lipinski definition) is 0. The summed E-state index contributed by atoms with van der Waals surface area (Å²) in [6.07, 6.45) is -8.32. The minimum Gasteiger partial charge on any atom is -0.435 e. The van der Waals surface area contributed by atoms with Gasteiger partial charge in [-0.2, -0.15) is 32.3 Å². The third-order valence-electron chi connectivity index (χ3n) is 7.15. The van der Waals surface area contributed by atoms with Gasteiger partial charge in [0.05, 0.1) is 22.1 Å². The number of pyridine rings is 1. The van der Waals surface area contributed by atoms with Crippen molar-refractivity contribution >= 4 is 45.2 Å². The Morgan fingerprint density at radius 2 is 1.85 bits per heavy atom. The molecule has 1 fully saturated rings. The molecule has 0 atom stereocenters. The van der Waals surface area contributed by atoms with E-state index in [2.05, 4.69) is 25.9 Å². The summed E-state index contributed by atoms with van der Waals surface area (Å²) >= 11 is 0. The first kappa shape index (κ1) is 32.3. The summed E-state index contributed by atoms with van der Waals surface area (Å²) in [4.78, 5) is 21.2. The Morgan fingerprint density at radius 1 is 1.11 bits per heavy atom. The summed E-state index contributed by atoms with van der Waals surface area (Å²) in [6, 6.07) is 14.4. The topological polar surface area (TPSA) is 142 Å². The van der Waals surface area contributed by atoms with Gasteiger partial charge in [0.15, 0.2) is 15.4 Å². The third-order valence-corrected chi connectivity index (χ3v) is 8.91. The Morgan fingerprint density at radius 3 is 2.48 bits per heavy atom. The molecule has 2 aromatic carbocycles. The number of aromatic nitrogens is 2. The van der Waals surface area contributed by atoms with Crippen LogP contribution in [0, 0.1) is 11.3 Å². The van der Waals surface area contributed by atoms with E-state index in [0.29, 0.717) is 24.9 Å². The molecule has 1 aliphatic rings. The molecule has 2 heterocycles. The molecule has 2 aromatic heterocycles. The van der Waals surface area contributed by atoms with Gasteiger partial charge in [0, 0.05) is 18.8 Å². The van der Waals surface area contributed by atoms with E-state index in [1.165, 1.54) is 42.4 Å². The van der Waals surface area contributed by atoms with E-state index < -0.39 is 33.3 Å². The molecule has 240 valence electrons. The van der Waals surface area contributed by atoms with E-state index in [1.54, 1.807) is 24.3 Å². The van der Waals surface area contributed by atoms with Crippen molar-refractivity contribution in [2.75, 3.05) is 22.7 Å². The van der Waals surface area contributed by atoms with E-state index in [9.17, 15) is 40.4 Å². The van der Waals surface area contributed by atoms with Crippen molar-refractivity contribution < 1.29 is 44.3 Å². The van der Waals surface area contributed by atoms with Crippen molar-refractivity contribution in [3.63, 3.8) is 0 Å². The van der Waals surface area contributed by atoms with Crippen LogP contribution in [-0.4, -0.2) is 56.2 Å². The molecule has 0 aliphatic heterocycles. The molecule has 5 rings (SSSR count). The smallest absolute Gasteiger partial charge is 0.435 e.